The fraction of sp³-hybridized carbons (Fsp3) is 0.588. The molecule has 0 saturated heterocycles. The Hall–Kier alpha value is -1.55. The summed E-state index contributed by atoms with van der Waals surface area (Å²) in [5.41, 5.74) is 8.62. The number of nitrogens with two attached hydrogens (primary N) is 1. The van der Waals surface area contributed by atoms with Gasteiger partial charge in [-0.3, -0.25) is 4.79 Å². The Morgan fingerprint density at radius 1 is 1.38 bits per heavy atom. The number of aryl methyl sites for hydroxylation is 2. The third-order valence-corrected chi connectivity index (χ3v) is 4.02. The molecule has 0 bridgehead atoms. The Labute approximate surface area is 128 Å². The first-order chi connectivity index (χ1) is 9.80. The first kappa shape index (κ1) is 17.5. The van der Waals surface area contributed by atoms with E-state index >= 15 is 0 Å². The molecular formula is C17H29N3O. The van der Waals surface area contributed by atoms with E-state index in [1.54, 1.807) is 0 Å². The highest BCUT2D eigenvalue weighted by molar-refractivity contribution is 5.84. The first-order valence-electron chi connectivity index (χ1n) is 7.63. The number of primary amides is 1. The van der Waals surface area contributed by atoms with E-state index in [4.69, 9.17) is 5.73 Å². The molecule has 0 heterocycles. The Kier molecular flexibility index (Phi) is 6.21. The lowest BCUT2D eigenvalue weighted by Crippen LogP contribution is -2.54. The summed E-state index contributed by atoms with van der Waals surface area (Å²) in [4.78, 5) is 13.9. The van der Waals surface area contributed by atoms with Crippen LogP contribution in [-0.2, 0) is 4.79 Å². The summed E-state index contributed by atoms with van der Waals surface area (Å²) in [5, 5.41) is 3.27. The Bertz CT molecular complexity index is 487. The molecule has 1 aromatic rings. The van der Waals surface area contributed by atoms with Crippen molar-refractivity contribution in [2.75, 3.05) is 25.0 Å². The maximum atomic E-state index is 11.7. The van der Waals surface area contributed by atoms with Gasteiger partial charge in [-0.2, -0.15) is 0 Å². The van der Waals surface area contributed by atoms with Crippen molar-refractivity contribution in [3.63, 3.8) is 0 Å². The second-order valence-corrected chi connectivity index (χ2v) is 6.08. The topological polar surface area (TPSA) is 58.4 Å². The van der Waals surface area contributed by atoms with Crippen molar-refractivity contribution in [3.8, 4) is 0 Å². The van der Waals surface area contributed by atoms with Crippen molar-refractivity contribution in [1.82, 2.24) is 5.32 Å². The van der Waals surface area contributed by atoms with Crippen LogP contribution in [0.25, 0.3) is 0 Å². The molecule has 21 heavy (non-hydrogen) atoms. The third-order valence-electron chi connectivity index (χ3n) is 4.02. The van der Waals surface area contributed by atoms with Crippen LogP contribution in [0.1, 0.15) is 37.8 Å². The molecule has 4 nitrogen and oxygen atoms in total. The number of anilines is 1. The van der Waals surface area contributed by atoms with Gasteiger partial charge in [0.2, 0.25) is 5.91 Å². The fourth-order valence-electron chi connectivity index (χ4n) is 2.45. The molecule has 0 aliphatic rings. The molecule has 1 rings (SSSR count). The fourth-order valence-corrected chi connectivity index (χ4v) is 2.45. The van der Waals surface area contributed by atoms with Crippen LogP contribution in [0.4, 0.5) is 5.69 Å². The van der Waals surface area contributed by atoms with Gasteiger partial charge in [0.05, 0.1) is 5.54 Å². The van der Waals surface area contributed by atoms with Gasteiger partial charge in [0, 0.05) is 19.3 Å². The number of nitrogens with one attached hydrogen (secondary N) is 1. The molecule has 1 aromatic carbocycles. The van der Waals surface area contributed by atoms with Crippen molar-refractivity contribution < 1.29 is 4.79 Å². The zero-order valence-electron chi connectivity index (χ0n) is 14.0. The number of benzene rings is 1. The molecular weight excluding hydrogens is 262 g/mol. The number of hydrogen-bond donors (Lipinski definition) is 2. The van der Waals surface area contributed by atoms with Gasteiger partial charge >= 0.3 is 0 Å². The second-order valence-electron chi connectivity index (χ2n) is 6.08. The minimum atomic E-state index is -0.650. The van der Waals surface area contributed by atoms with Crippen molar-refractivity contribution in [3.05, 3.63) is 29.3 Å². The van der Waals surface area contributed by atoms with Gasteiger partial charge in [-0.05, 0) is 51.8 Å². The van der Waals surface area contributed by atoms with E-state index in [1.807, 2.05) is 6.92 Å². The summed E-state index contributed by atoms with van der Waals surface area (Å²) in [6, 6.07) is 6.42. The monoisotopic (exact) mass is 291 g/mol. The summed E-state index contributed by atoms with van der Waals surface area (Å²) in [5.74, 6) is -0.287. The number of carbonyl (C=O) groups is 1. The molecule has 0 saturated carbocycles. The molecule has 0 spiro atoms. The highest BCUT2D eigenvalue weighted by Crippen LogP contribution is 2.21. The number of rotatable bonds is 8. The third kappa shape index (κ3) is 4.74. The maximum absolute atomic E-state index is 11.7. The Morgan fingerprint density at radius 2 is 2.05 bits per heavy atom. The second kappa shape index (κ2) is 7.46. The van der Waals surface area contributed by atoms with Gasteiger partial charge in [0.25, 0.3) is 0 Å². The largest absolute Gasteiger partial charge is 0.374 e. The smallest absolute Gasteiger partial charge is 0.237 e. The number of carbonyl (C=O) groups excluding carboxylic acids is 1. The van der Waals surface area contributed by atoms with Crippen LogP contribution in [0.3, 0.4) is 0 Å². The molecule has 1 unspecified atom stereocenters. The van der Waals surface area contributed by atoms with Crippen molar-refractivity contribution in [1.29, 1.82) is 0 Å². The van der Waals surface area contributed by atoms with Gasteiger partial charge in [0.1, 0.15) is 0 Å². The van der Waals surface area contributed by atoms with Crippen molar-refractivity contribution >= 4 is 11.6 Å². The van der Waals surface area contributed by atoms with Crippen LogP contribution in [-0.4, -0.2) is 31.6 Å². The SMILES string of the molecule is CCCNC(C)(CCN(C)c1ccc(C)cc1C)C(N)=O. The van der Waals surface area contributed by atoms with Gasteiger partial charge in [-0.1, -0.05) is 24.6 Å². The predicted octanol–water partition coefficient (Wildman–Crippen LogP) is 2.37. The van der Waals surface area contributed by atoms with Gasteiger partial charge < -0.3 is 16.0 Å². The van der Waals surface area contributed by atoms with Gasteiger partial charge in [0.15, 0.2) is 0 Å². The molecule has 1 atom stereocenters. The molecule has 0 aromatic heterocycles. The molecule has 3 N–H and O–H groups in total. The lowest BCUT2D eigenvalue weighted by atomic mass is 9.96. The lowest BCUT2D eigenvalue weighted by Gasteiger charge is -2.31. The molecule has 4 heteroatoms. The molecule has 0 radical (unpaired) electrons. The highest BCUT2D eigenvalue weighted by Gasteiger charge is 2.30. The average molecular weight is 291 g/mol. The molecule has 0 fully saturated rings. The molecule has 0 aliphatic carbocycles. The number of hydrogen-bond acceptors (Lipinski definition) is 3. The normalized spacial score (nSPS) is 13.8. The molecule has 0 aliphatic heterocycles. The van der Waals surface area contributed by atoms with E-state index < -0.39 is 5.54 Å². The zero-order chi connectivity index (χ0) is 16.0. The minimum absolute atomic E-state index is 0.287. The van der Waals surface area contributed by atoms with E-state index in [2.05, 4.69) is 56.2 Å². The standard InChI is InChI=1S/C17H29N3O/c1-6-10-19-17(4,16(18)21)9-11-20(5)15-8-7-13(2)12-14(15)3/h7-8,12,19H,6,9-11H2,1-5H3,(H2,18,21). The molecule has 1 amide bonds. The number of nitrogens with zero attached hydrogens (tertiary/aromatic N) is 1. The predicted molar refractivity (Wildman–Crippen MR) is 89.7 cm³/mol. The summed E-state index contributed by atoms with van der Waals surface area (Å²) < 4.78 is 0. The van der Waals surface area contributed by atoms with Crippen molar-refractivity contribution in [2.24, 2.45) is 5.73 Å². The van der Waals surface area contributed by atoms with Crippen LogP contribution in [0.15, 0.2) is 18.2 Å². The Morgan fingerprint density at radius 3 is 2.57 bits per heavy atom. The van der Waals surface area contributed by atoms with Crippen LogP contribution in [0.2, 0.25) is 0 Å². The minimum Gasteiger partial charge on any atom is -0.374 e. The van der Waals surface area contributed by atoms with Crippen LogP contribution in [0.5, 0.6) is 0 Å². The zero-order valence-corrected chi connectivity index (χ0v) is 14.0. The van der Waals surface area contributed by atoms with E-state index in [0.717, 1.165) is 19.5 Å². The van der Waals surface area contributed by atoms with Crippen LogP contribution >= 0.6 is 0 Å². The quantitative estimate of drug-likeness (QED) is 0.773. The van der Waals surface area contributed by atoms with E-state index in [0.29, 0.717) is 6.42 Å². The van der Waals surface area contributed by atoms with E-state index in [1.165, 1.54) is 16.8 Å². The van der Waals surface area contributed by atoms with Gasteiger partial charge in [-0.15, -0.1) is 0 Å². The highest BCUT2D eigenvalue weighted by atomic mass is 16.1. The van der Waals surface area contributed by atoms with Gasteiger partial charge in [-0.25, -0.2) is 0 Å². The van der Waals surface area contributed by atoms with Crippen LogP contribution in [0, 0.1) is 13.8 Å². The average Bonchev–Trinajstić information content (AvgIpc) is 2.42. The van der Waals surface area contributed by atoms with Crippen molar-refractivity contribution in [2.45, 2.75) is 46.1 Å². The lowest BCUT2D eigenvalue weighted by molar-refractivity contribution is -0.124. The maximum Gasteiger partial charge on any atom is 0.237 e. The first-order valence-corrected chi connectivity index (χ1v) is 7.63. The summed E-state index contributed by atoms with van der Waals surface area (Å²) in [7, 11) is 2.05. The van der Waals surface area contributed by atoms with Crippen LogP contribution < -0.4 is 16.0 Å². The number of amides is 1. The summed E-state index contributed by atoms with van der Waals surface area (Å²) >= 11 is 0. The molecule has 118 valence electrons. The Balaban J connectivity index is 2.73. The summed E-state index contributed by atoms with van der Waals surface area (Å²) in [6.45, 7) is 9.75. The van der Waals surface area contributed by atoms with E-state index in [-0.39, 0.29) is 5.91 Å². The van der Waals surface area contributed by atoms with E-state index in [9.17, 15) is 4.79 Å². The summed E-state index contributed by atoms with van der Waals surface area (Å²) in [6.07, 6.45) is 1.67.